The monoisotopic (exact) mass is 1100 g/mol. The number of hydrogen-bond donors (Lipinski definition) is 16. The molecular formula is C53H94N14O11. The van der Waals surface area contributed by atoms with Crippen LogP contribution < -0.4 is 76.5 Å². The molecular weight excluding hydrogens is 1010 g/mol. The summed E-state index contributed by atoms with van der Waals surface area (Å²) in [5, 5.41) is 45.3. The van der Waals surface area contributed by atoms with Gasteiger partial charge in [-0.3, -0.25) is 43.2 Å². The zero-order chi connectivity index (χ0) is 58.2. The standard InChI is InChI=1S/C53H94N14O11/c1-32(2)30-41-50(75)63-36(20-8-13-25-54)45(70)62-40(23-11-16-28-57)49(74)67-44(34(4)69)53(78)59-29-17-12-24-38(61-47(72)39(22-10-15-27-56)64-52(77)43(58)33(3)68)46(71)60-37(21-9-14-26-55)48(73)66-42(51(76)65-41)31-35-18-6-5-7-19-35/h5-7,18-19,32-34,36-44,68-69H,8-17,20-31,54-58H2,1-4H3,(H,59,78)(H,60,71)(H,61,72)(H,62,70)(H,63,75)(H,64,77)(H,65,76)(H,66,73)(H,67,74)/t33-,34-,36+,37-,38-,39+,40-,41-,42-,43+,44+/m1/s1. The highest BCUT2D eigenvalue weighted by molar-refractivity contribution is 5.98. The predicted molar refractivity (Wildman–Crippen MR) is 295 cm³/mol. The number of unbranched alkanes of at least 4 members (excludes halogenated alkanes) is 4. The summed E-state index contributed by atoms with van der Waals surface area (Å²) in [6, 6.07) is -2.92. The number of carbonyl (C=O) groups is 9. The highest BCUT2D eigenvalue weighted by atomic mass is 16.3. The van der Waals surface area contributed by atoms with E-state index in [0.29, 0.717) is 76.6 Å². The first-order valence-corrected chi connectivity index (χ1v) is 27.8. The molecule has 1 saturated heterocycles. The van der Waals surface area contributed by atoms with E-state index in [0.717, 1.165) is 0 Å². The van der Waals surface area contributed by atoms with Crippen LogP contribution in [0.3, 0.4) is 0 Å². The van der Waals surface area contributed by atoms with Gasteiger partial charge in [0.2, 0.25) is 53.2 Å². The van der Waals surface area contributed by atoms with Gasteiger partial charge in [-0.05, 0) is 154 Å². The SMILES string of the molecule is CC(C)C[C@H]1NC(=O)[C@@H](Cc2ccccc2)NC(=O)[C@@H](CCCCN)NC(=O)[C@H](NC(=O)[C@H](CCCCN)NC(=O)[C@@H](N)[C@@H](C)O)CCCCNC(=O)[C@H]([C@@H](C)O)NC(=O)[C@@H](CCCCN)NC(=O)[C@H](CCCCN)NC1=O. The summed E-state index contributed by atoms with van der Waals surface area (Å²) in [7, 11) is 0. The number of benzene rings is 1. The number of amides is 9. The first-order chi connectivity index (χ1) is 37.2. The fourth-order valence-corrected chi connectivity index (χ4v) is 8.65. The molecule has 1 aromatic rings. The van der Waals surface area contributed by atoms with Crippen LogP contribution in [0.25, 0.3) is 0 Å². The summed E-state index contributed by atoms with van der Waals surface area (Å²) < 4.78 is 0. The number of aliphatic hydroxyl groups is 2. The minimum Gasteiger partial charge on any atom is -0.391 e. The molecule has 0 spiro atoms. The molecule has 442 valence electrons. The van der Waals surface area contributed by atoms with Crippen LogP contribution in [-0.4, -0.2) is 163 Å². The van der Waals surface area contributed by atoms with E-state index in [-0.39, 0.29) is 76.8 Å². The summed E-state index contributed by atoms with van der Waals surface area (Å²) in [6.45, 7) is 7.42. The maximum absolute atomic E-state index is 14.6. The lowest BCUT2D eigenvalue weighted by atomic mass is 9.99. The highest BCUT2D eigenvalue weighted by Gasteiger charge is 2.36. The molecule has 2 rings (SSSR count). The average Bonchev–Trinajstić information content (AvgIpc) is 3.39. The van der Waals surface area contributed by atoms with Crippen LogP contribution in [0.2, 0.25) is 0 Å². The van der Waals surface area contributed by atoms with E-state index in [9.17, 15) is 53.4 Å². The molecule has 0 aromatic heterocycles. The van der Waals surface area contributed by atoms with Gasteiger partial charge in [-0.15, -0.1) is 0 Å². The summed E-state index contributed by atoms with van der Waals surface area (Å²) in [4.78, 5) is 127. The van der Waals surface area contributed by atoms with E-state index in [1.807, 2.05) is 13.8 Å². The lowest BCUT2D eigenvalue weighted by Crippen LogP contribution is -2.61. The predicted octanol–water partition coefficient (Wildman–Crippen LogP) is -2.94. The van der Waals surface area contributed by atoms with Gasteiger partial charge in [0.05, 0.1) is 12.2 Å². The molecule has 11 atom stereocenters. The molecule has 25 nitrogen and oxygen atoms in total. The van der Waals surface area contributed by atoms with Crippen LogP contribution in [0.4, 0.5) is 0 Å². The van der Waals surface area contributed by atoms with E-state index >= 15 is 0 Å². The van der Waals surface area contributed by atoms with Gasteiger partial charge >= 0.3 is 0 Å². The maximum Gasteiger partial charge on any atom is 0.245 e. The zero-order valence-corrected chi connectivity index (χ0v) is 46.3. The van der Waals surface area contributed by atoms with E-state index in [4.69, 9.17) is 28.7 Å². The summed E-state index contributed by atoms with van der Waals surface area (Å²) >= 11 is 0. The molecule has 25 heteroatoms. The number of nitrogens with one attached hydrogen (secondary N) is 9. The second-order valence-corrected chi connectivity index (χ2v) is 20.7. The van der Waals surface area contributed by atoms with Crippen molar-refractivity contribution in [2.24, 2.45) is 34.6 Å². The number of nitrogens with two attached hydrogens (primary N) is 5. The third-order valence-corrected chi connectivity index (χ3v) is 13.3. The van der Waals surface area contributed by atoms with Crippen molar-refractivity contribution >= 4 is 53.2 Å². The maximum atomic E-state index is 14.6. The van der Waals surface area contributed by atoms with Gasteiger partial charge in [0.1, 0.15) is 54.4 Å². The Morgan fingerprint density at radius 1 is 0.577 bits per heavy atom. The van der Waals surface area contributed by atoms with Crippen molar-refractivity contribution in [1.82, 2.24) is 47.9 Å². The molecule has 0 saturated carbocycles. The van der Waals surface area contributed by atoms with Gasteiger partial charge < -0.3 is 86.7 Å². The van der Waals surface area contributed by atoms with Crippen LogP contribution in [0.15, 0.2) is 30.3 Å². The van der Waals surface area contributed by atoms with Gasteiger partial charge in [-0.25, -0.2) is 0 Å². The quantitative estimate of drug-likeness (QED) is 0.0413. The van der Waals surface area contributed by atoms with Crippen molar-refractivity contribution in [3.8, 4) is 0 Å². The Hall–Kier alpha value is -5.83. The Kier molecular flexibility index (Phi) is 33.2. The van der Waals surface area contributed by atoms with Crippen molar-refractivity contribution in [2.75, 3.05) is 32.7 Å². The summed E-state index contributed by atoms with van der Waals surface area (Å²) in [5.41, 5.74) is 29.7. The minimum absolute atomic E-state index is 0.0250. The molecule has 1 aliphatic rings. The average molecular weight is 1100 g/mol. The molecule has 1 heterocycles. The lowest BCUT2D eigenvalue weighted by Gasteiger charge is -2.29. The molecule has 0 radical (unpaired) electrons. The molecule has 1 aliphatic heterocycles. The van der Waals surface area contributed by atoms with E-state index in [2.05, 4.69) is 47.9 Å². The van der Waals surface area contributed by atoms with Crippen molar-refractivity contribution in [1.29, 1.82) is 0 Å². The van der Waals surface area contributed by atoms with Gasteiger partial charge in [0.25, 0.3) is 0 Å². The normalized spacial score (nSPS) is 23.5. The molecule has 78 heavy (non-hydrogen) atoms. The topological polar surface area (TPSA) is 432 Å². The minimum atomic E-state index is -1.49. The molecule has 1 aromatic carbocycles. The zero-order valence-electron chi connectivity index (χ0n) is 46.3. The van der Waals surface area contributed by atoms with Crippen molar-refractivity contribution < 1.29 is 53.4 Å². The third-order valence-electron chi connectivity index (χ3n) is 13.3. The molecule has 0 bridgehead atoms. The van der Waals surface area contributed by atoms with Crippen LogP contribution in [0.5, 0.6) is 0 Å². The Morgan fingerprint density at radius 2 is 1.04 bits per heavy atom. The van der Waals surface area contributed by atoms with E-state index in [1.54, 1.807) is 30.3 Å². The highest BCUT2D eigenvalue weighted by Crippen LogP contribution is 2.14. The molecule has 21 N–H and O–H groups in total. The second kappa shape index (κ2) is 37.9. The van der Waals surface area contributed by atoms with Crippen LogP contribution in [0, 0.1) is 5.92 Å². The fourth-order valence-electron chi connectivity index (χ4n) is 8.65. The van der Waals surface area contributed by atoms with E-state index < -0.39 is 120 Å². The summed E-state index contributed by atoms with van der Waals surface area (Å²) in [6.07, 6.45) is 1.54. The number of aliphatic hydroxyl groups excluding tert-OH is 2. The van der Waals surface area contributed by atoms with Crippen LogP contribution in [-0.2, 0) is 49.6 Å². The number of hydrogen-bond acceptors (Lipinski definition) is 16. The van der Waals surface area contributed by atoms with Gasteiger partial charge in [-0.1, -0.05) is 44.2 Å². The van der Waals surface area contributed by atoms with Crippen molar-refractivity contribution in [2.45, 2.75) is 203 Å². The van der Waals surface area contributed by atoms with E-state index in [1.165, 1.54) is 13.8 Å². The largest absolute Gasteiger partial charge is 0.391 e. The van der Waals surface area contributed by atoms with Crippen LogP contribution >= 0.6 is 0 Å². The first kappa shape index (κ1) is 68.3. The fraction of sp³-hybridized carbons (Fsp3) is 0.717. The first-order valence-electron chi connectivity index (χ1n) is 27.8. The van der Waals surface area contributed by atoms with Gasteiger partial charge in [-0.2, -0.15) is 0 Å². The number of rotatable bonds is 26. The second-order valence-electron chi connectivity index (χ2n) is 20.7. The Balaban J connectivity index is 2.80. The van der Waals surface area contributed by atoms with Crippen molar-refractivity contribution in [3.05, 3.63) is 35.9 Å². The Labute approximate surface area is 459 Å². The van der Waals surface area contributed by atoms with Gasteiger partial charge in [0.15, 0.2) is 0 Å². The Morgan fingerprint density at radius 3 is 1.54 bits per heavy atom. The third kappa shape index (κ3) is 25.8. The van der Waals surface area contributed by atoms with Gasteiger partial charge in [0, 0.05) is 13.0 Å². The molecule has 9 amide bonds. The van der Waals surface area contributed by atoms with Crippen LogP contribution in [0.1, 0.15) is 136 Å². The molecule has 1 fully saturated rings. The Bertz CT molecular complexity index is 2020. The smallest absolute Gasteiger partial charge is 0.245 e. The molecule has 0 unspecified atom stereocenters. The number of carbonyl (C=O) groups excluding carboxylic acids is 9. The lowest BCUT2D eigenvalue weighted by molar-refractivity contribution is -0.136. The summed E-state index contributed by atoms with van der Waals surface area (Å²) in [5.74, 6) is -7.03. The van der Waals surface area contributed by atoms with Crippen molar-refractivity contribution in [3.63, 3.8) is 0 Å². The molecule has 0 aliphatic carbocycles.